The van der Waals surface area contributed by atoms with E-state index in [2.05, 4.69) is 10.3 Å². The third-order valence-corrected chi connectivity index (χ3v) is 2.88. The van der Waals surface area contributed by atoms with Crippen LogP contribution in [0.1, 0.15) is 16.1 Å². The molecule has 1 heterocycles. The van der Waals surface area contributed by atoms with Crippen molar-refractivity contribution in [1.82, 2.24) is 4.98 Å². The number of nitrogens with one attached hydrogen (secondary N) is 1. The first-order valence-electron chi connectivity index (χ1n) is 6.25. The number of hydrogen-bond donors (Lipinski definition) is 2. The highest BCUT2D eigenvalue weighted by molar-refractivity contribution is 5.85. The van der Waals surface area contributed by atoms with Crippen molar-refractivity contribution in [2.45, 2.75) is 6.42 Å². The molecule has 104 valence electrons. The molecular weight excluding hydrogens is 256 g/mol. The van der Waals surface area contributed by atoms with Gasteiger partial charge < -0.3 is 15.2 Å². The van der Waals surface area contributed by atoms with Gasteiger partial charge in [-0.2, -0.15) is 0 Å². The molecular formula is C15H16N2O3. The fourth-order valence-corrected chi connectivity index (χ4v) is 1.77. The smallest absolute Gasteiger partial charge is 0.354 e. The summed E-state index contributed by atoms with van der Waals surface area (Å²) in [6.45, 7) is 0.750. The monoisotopic (exact) mass is 272 g/mol. The van der Waals surface area contributed by atoms with E-state index in [1.807, 2.05) is 24.3 Å². The summed E-state index contributed by atoms with van der Waals surface area (Å²) < 4.78 is 5.10. The van der Waals surface area contributed by atoms with Crippen molar-refractivity contribution in [1.29, 1.82) is 0 Å². The van der Waals surface area contributed by atoms with E-state index in [9.17, 15) is 4.79 Å². The number of ether oxygens (including phenoxy) is 1. The predicted octanol–water partition coefficient (Wildman–Crippen LogP) is 2.44. The van der Waals surface area contributed by atoms with Crippen molar-refractivity contribution in [2.75, 3.05) is 19.0 Å². The van der Waals surface area contributed by atoms with Crippen LogP contribution < -0.4 is 10.1 Å². The highest BCUT2D eigenvalue weighted by Crippen LogP contribution is 2.12. The van der Waals surface area contributed by atoms with Gasteiger partial charge in [0.05, 0.1) is 19.0 Å². The Kier molecular flexibility index (Phi) is 4.55. The van der Waals surface area contributed by atoms with Crippen molar-refractivity contribution < 1.29 is 14.6 Å². The predicted molar refractivity (Wildman–Crippen MR) is 76.4 cm³/mol. The lowest BCUT2D eigenvalue weighted by Crippen LogP contribution is -2.06. The zero-order valence-corrected chi connectivity index (χ0v) is 11.2. The number of benzene rings is 1. The lowest BCUT2D eigenvalue weighted by Gasteiger charge is -2.07. The fraction of sp³-hybridized carbons (Fsp3) is 0.200. The molecule has 1 aromatic carbocycles. The number of rotatable bonds is 6. The molecule has 2 N–H and O–H groups in total. The third kappa shape index (κ3) is 3.71. The van der Waals surface area contributed by atoms with Crippen LogP contribution >= 0.6 is 0 Å². The summed E-state index contributed by atoms with van der Waals surface area (Å²) in [7, 11) is 1.64. The number of pyridine rings is 1. The number of methoxy groups -OCH3 is 1. The number of aromatic nitrogens is 1. The van der Waals surface area contributed by atoms with Gasteiger partial charge in [-0.15, -0.1) is 0 Å². The zero-order valence-electron chi connectivity index (χ0n) is 11.2. The Morgan fingerprint density at radius 2 is 2.00 bits per heavy atom. The Balaban J connectivity index is 1.84. The minimum absolute atomic E-state index is 0.0469. The van der Waals surface area contributed by atoms with Crippen LogP contribution in [0.25, 0.3) is 0 Å². The van der Waals surface area contributed by atoms with E-state index >= 15 is 0 Å². The van der Waals surface area contributed by atoms with Crippen LogP contribution in [0.15, 0.2) is 42.6 Å². The maximum absolute atomic E-state index is 10.7. The van der Waals surface area contributed by atoms with Gasteiger partial charge in [0.15, 0.2) is 0 Å². The Hall–Kier alpha value is -2.56. The molecule has 2 rings (SSSR count). The topological polar surface area (TPSA) is 71.5 Å². The van der Waals surface area contributed by atoms with Crippen LogP contribution in [0.5, 0.6) is 5.75 Å². The van der Waals surface area contributed by atoms with Gasteiger partial charge in [-0.3, -0.25) is 0 Å². The summed E-state index contributed by atoms with van der Waals surface area (Å²) in [4.78, 5) is 14.5. The van der Waals surface area contributed by atoms with E-state index in [1.54, 1.807) is 13.2 Å². The average molecular weight is 272 g/mol. The number of carboxylic acid groups (broad SMARTS) is 1. The van der Waals surface area contributed by atoms with Gasteiger partial charge >= 0.3 is 5.97 Å². The van der Waals surface area contributed by atoms with Crippen molar-refractivity contribution in [3.63, 3.8) is 0 Å². The minimum atomic E-state index is -1.02. The molecule has 0 saturated carbocycles. The van der Waals surface area contributed by atoms with Crippen LogP contribution in [-0.2, 0) is 6.42 Å². The molecule has 0 aliphatic rings. The number of carbonyl (C=O) groups is 1. The maximum atomic E-state index is 10.7. The van der Waals surface area contributed by atoms with E-state index in [1.165, 1.54) is 17.8 Å². The summed E-state index contributed by atoms with van der Waals surface area (Å²) in [5, 5.41) is 12.0. The summed E-state index contributed by atoms with van der Waals surface area (Å²) in [5.41, 5.74) is 2.06. The van der Waals surface area contributed by atoms with E-state index in [0.717, 1.165) is 24.4 Å². The van der Waals surface area contributed by atoms with E-state index in [4.69, 9.17) is 9.84 Å². The van der Waals surface area contributed by atoms with Crippen molar-refractivity contribution in [3.05, 3.63) is 53.9 Å². The standard InChI is InChI=1S/C15H16N2O3/c1-20-13-5-2-11(3-6-13)8-9-16-12-4-7-14(15(18)19)17-10-12/h2-7,10,16H,8-9H2,1H3,(H,18,19). The van der Waals surface area contributed by atoms with Crippen molar-refractivity contribution >= 4 is 11.7 Å². The molecule has 0 bridgehead atoms. The Morgan fingerprint density at radius 1 is 1.25 bits per heavy atom. The summed E-state index contributed by atoms with van der Waals surface area (Å²) >= 11 is 0. The number of anilines is 1. The molecule has 0 radical (unpaired) electrons. The van der Waals surface area contributed by atoms with Gasteiger partial charge in [-0.1, -0.05) is 12.1 Å². The second-order valence-electron chi connectivity index (χ2n) is 4.26. The maximum Gasteiger partial charge on any atom is 0.354 e. The number of nitrogens with zero attached hydrogens (tertiary/aromatic N) is 1. The third-order valence-electron chi connectivity index (χ3n) is 2.88. The van der Waals surface area contributed by atoms with Crippen LogP contribution in [0.3, 0.4) is 0 Å². The summed E-state index contributed by atoms with van der Waals surface area (Å²) in [6, 6.07) is 11.1. The van der Waals surface area contributed by atoms with Crippen molar-refractivity contribution in [2.24, 2.45) is 0 Å². The van der Waals surface area contributed by atoms with Gasteiger partial charge in [0.1, 0.15) is 11.4 Å². The summed E-state index contributed by atoms with van der Waals surface area (Å²) in [5.74, 6) is -0.176. The molecule has 0 fully saturated rings. The van der Waals surface area contributed by atoms with E-state index in [0.29, 0.717) is 0 Å². The SMILES string of the molecule is COc1ccc(CCNc2ccc(C(=O)O)nc2)cc1. The minimum Gasteiger partial charge on any atom is -0.497 e. The van der Waals surface area contributed by atoms with Crippen LogP contribution in [0, 0.1) is 0 Å². The normalized spacial score (nSPS) is 10.1. The number of hydrogen-bond acceptors (Lipinski definition) is 4. The van der Waals surface area contributed by atoms with Crippen molar-refractivity contribution in [3.8, 4) is 5.75 Å². The molecule has 0 spiro atoms. The molecule has 0 unspecified atom stereocenters. The Morgan fingerprint density at radius 3 is 2.55 bits per heavy atom. The van der Waals surface area contributed by atoms with E-state index < -0.39 is 5.97 Å². The molecule has 5 nitrogen and oxygen atoms in total. The fourth-order valence-electron chi connectivity index (χ4n) is 1.77. The Bertz CT molecular complexity index is 565. The molecule has 0 aliphatic heterocycles. The molecule has 2 aromatic rings. The first kappa shape index (κ1) is 13.9. The first-order valence-corrected chi connectivity index (χ1v) is 6.25. The van der Waals surface area contributed by atoms with Gasteiger partial charge in [-0.05, 0) is 36.2 Å². The van der Waals surface area contributed by atoms with Gasteiger partial charge in [0.25, 0.3) is 0 Å². The van der Waals surface area contributed by atoms with Crippen LogP contribution in [0.2, 0.25) is 0 Å². The molecule has 20 heavy (non-hydrogen) atoms. The second kappa shape index (κ2) is 6.56. The van der Waals surface area contributed by atoms with E-state index in [-0.39, 0.29) is 5.69 Å². The molecule has 1 aromatic heterocycles. The quantitative estimate of drug-likeness (QED) is 0.845. The van der Waals surface area contributed by atoms with Gasteiger partial charge in [0.2, 0.25) is 0 Å². The lowest BCUT2D eigenvalue weighted by atomic mass is 10.1. The first-order chi connectivity index (χ1) is 9.69. The zero-order chi connectivity index (χ0) is 14.4. The molecule has 5 heteroatoms. The molecule has 0 atom stereocenters. The van der Waals surface area contributed by atoms with Gasteiger partial charge in [-0.25, -0.2) is 9.78 Å². The molecule has 0 aliphatic carbocycles. The average Bonchev–Trinajstić information content (AvgIpc) is 2.48. The highest BCUT2D eigenvalue weighted by atomic mass is 16.5. The largest absolute Gasteiger partial charge is 0.497 e. The lowest BCUT2D eigenvalue weighted by molar-refractivity contribution is 0.0690. The second-order valence-corrected chi connectivity index (χ2v) is 4.26. The number of aromatic carboxylic acids is 1. The molecule has 0 amide bonds. The number of carboxylic acids is 1. The van der Waals surface area contributed by atoms with Gasteiger partial charge in [0, 0.05) is 6.54 Å². The Labute approximate surface area is 117 Å². The van der Waals surface area contributed by atoms with Crippen LogP contribution in [-0.4, -0.2) is 29.7 Å². The van der Waals surface area contributed by atoms with Crippen LogP contribution in [0.4, 0.5) is 5.69 Å². The summed E-state index contributed by atoms with van der Waals surface area (Å²) in [6.07, 6.45) is 2.39. The highest BCUT2D eigenvalue weighted by Gasteiger charge is 2.03. The molecule has 0 saturated heterocycles.